The molecular formula is C16H21N. The Bertz CT molecular complexity index is 512. The van der Waals surface area contributed by atoms with Crippen LogP contribution in [-0.2, 0) is 6.42 Å². The summed E-state index contributed by atoms with van der Waals surface area (Å²) in [5, 5.41) is 1.25. The lowest BCUT2D eigenvalue weighted by molar-refractivity contribution is 0.627. The van der Waals surface area contributed by atoms with Crippen LogP contribution in [0.2, 0.25) is 0 Å². The number of nitrogens with zero attached hydrogens (tertiary/aromatic N) is 1. The Morgan fingerprint density at radius 3 is 2.41 bits per heavy atom. The summed E-state index contributed by atoms with van der Waals surface area (Å²) in [6.07, 6.45) is 1.07. The Hall–Kier alpha value is -1.37. The highest BCUT2D eigenvalue weighted by atomic mass is 14.7. The Labute approximate surface area is 104 Å². The van der Waals surface area contributed by atoms with Crippen molar-refractivity contribution in [3.05, 3.63) is 41.6 Å². The van der Waals surface area contributed by atoms with Crippen LogP contribution in [0.1, 0.15) is 44.9 Å². The smallest absolute Gasteiger partial charge is 0.0705 e. The van der Waals surface area contributed by atoms with Crippen LogP contribution in [0.4, 0.5) is 0 Å². The van der Waals surface area contributed by atoms with Crippen LogP contribution < -0.4 is 0 Å². The van der Waals surface area contributed by atoms with E-state index in [4.69, 9.17) is 4.98 Å². The molecule has 90 valence electrons. The summed E-state index contributed by atoms with van der Waals surface area (Å²) < 4.78 is 0. The zero-order valence-corrected chi connectivity index (χ0v) is 11.2. The van der Waals surface area contributed by atoms with Gasteiger partial charge in [-0.25, -0.2) is 0 Å². The molecule has 0 unspecified atom stereocenters. The molecule has 0 aliphatic heterocycles. The minimum absolute atomic E-state index is 0.542. The molecule has 0 saturated heterocycles. The Morgan fingerprint density at radius 1 is 1.06 bits per heavy atom. The predicted molar refractivity (Wildman–Crippen MR) is 74.4 cm³/mol. The maximum Gasteiger partial charge on any atom is 0.0705 e. The van der Waals surface area contributed by atoms with Gasteiger partial charge in [0, 0.05) is 11.1 Å². The highest BCUT2D eigenvalue weighted by Crippen LogP contribution is 2.24. The van der Waals surface area contributed by atoms with E-state index in [1.807, 2.05) is 0 Å². The first-order valence-electron chi connectivity index (χ1n) is 6.46. The lowest BCUT2D eigenvalue weighted by atomic mass is 9.94. The Kier molecular flexibility index (Phi) is 3.46. The molecular weight excluding hydrogens is 206 g/mol. The van der Waals surface area contributed by atoms with Gasteiger partial charge in [0.25, 0.3) is 0 Å². The molecule has 0 amide bonds. The summed E-state index contributed by atoms with van der Waals surface area (Å²) in [5.74, 6) is 1.20. The van der Waals surface area contributed by atoms with Gasteiger partial charge in [-0.3, -0.25) is 4.98 Å². The van der Waals surface area contributed by atoms with E-state index in [2.05, 4.69) is 58.0 Å². The number of benzene rings is 1. The molecule has 0 atom stereocenters. The van der Waals surface area contributed by atoms with E-state index in [-0.39, 0.29) is 0 Å². The number of aromatic nitrogens is 1. The number of pyridine rings is 1. The molecule has 17 heavy (non-hydrogen) atoms. The van der Waals surface area contributed by atoms with Gasteiger partial charge in [-0.1, -0.05) is 45.9 Å². The van der Waals surface area contributed by atoms with Crippen molar-refractivity contribution in [2.75, 3.05) is 0 Å². The number of rotatable bonds is 3. The van der Waals surface area contributed by atoms with E-state index in [1.54, 1.807) is 0 Å². The van der Waals surface area contributed by atoms with Crippen molar-refractivity contribution >= 4 is 10.9 Å². The lowest BCUT2D eigenvalue weighted by Gasteiger charge is -2.15. The largest absolute Gasteiger partial charge is 0.253 e. The molecule has 2 aromatic rings. The van der Waals surface area contributed by atoms with E-state index in [1.165, 1.54) is 16.6 Å². The highest BCUT2D eigenvalue weighted by Gasteiger charge is 2.11. The van der Waals surface area contributed by atoms with Crippen LogP contribution in [-0.4, -0.2) is 4.98 Å². The van der Waals surface area contributed by atoms with Crippen molar-refractivity contribution in [1.82, 2.24) is 4.98 Å². The Morgan fingerprint density at radius 2 is 1.76 bits per heavy atom. The molecule has 0 N–H and O–H groups in total. The average Bonchev–Trinajstić information content (AvgIpc) is 2.27. The highest BCUT2D eigenvalue weighted by molar-refractivity contribution is 5.79. The van der Waals surface area contributed by atoms with Crippen LogP contribution in [0.15, 0.2) is 30.3 Å². The van der Waals surface area contributed by atoms with Gasteiger partial charge in [0.05, 0.1) is 5.52 Å². The molecule has 1 heterocycles. The van der Waals surface area contributed by atoms with E-state index < -0.39 is 0 Å². The monoisotopic (exact) mass is 227 g/mol. The minimum Gasteiger partial charge on any atom is -0.253 e. The fraction of sp³-hybridized carbons (Fsp3) is 0.438. The Balaban J connectivity index is 2.58. The number of para-hydroxylation sites is 1. The molecule has 1 nitrogen and oxygen atoms in total. The van der Waals surface area contributed by atoms with E-state index in [0.29, 0.717) is 11.8 Å². The first-order chi connectivity index (χ1) is 8.08. The molecule has 0 aliphatic rings. The summed E-state index contributed by atoms with van der Waals surface area (Å²) in [4.78, 5) is 4.84. The van der Waals surface area contributed by atoms with Gasteiger partial charge in [0.2, 0.25) is 0 Å². The van der Waals surface area contributed by atoms with Crippen molar-refractivity contribution < 1.29 is 0 Å². The molecule has 0 bridgehead atoms. The second-order valence-corrected chi connectivity index (χ2v) is 5.47. The molecule has 0 fully saturated rings. The molecule has 0 spiro atoms. The summed E-state index contributed by atoms with van der Waals surface area (Å²) in [6.45, 7) is 8.99. The van der Waals surface area contributed by atoms with Crippen LogP contribution >= 0.6 is 0 Å². The molecule has 1 aromatic heterocycles. The van der Waals surface area contributed by atoms with Crippen LogP contribution in [0.3, 0.4) is 0 Å². The second kappa shape index (κ2) is 4.87. The maximum absolute atomic E-state index is 4.84. The van der Waals surface area contributed by atoms with Crippen molar-refractivity contribution in [1.29, 1.82) is 0 Å². The third-order valence-corrected chi connectivity index (χ3v) is 3.06. The number of hydrogen-bond acceptors (Lipinski definition) is 1. The van der Waals surface area contributed by atoms with Gasteiger partial charge in [-0.2, -0.15) is 0 Å². The minimum atomic E-state index is 0.542. The van der Waals surface area contributed by atoms with Crippen molar-refractivity contribution in [3.8, 4) is 0 Å². The summed E-state index contributed by atoms with van der Waals surface area (Å²) in [7, 11) is 0. The van der Waals surface area contributed by atoms with Gasteiger partial charge in [0.15, 0.2) is 0 Å². The van der Waals surface area contributed by atoms with E-state index in [0.717, 1.165) is 11.9 Å². The number of hydrogen-bond donors (Lipinski definition) is 0. The van der Waals surface area contributed by atoms with E-state index >= 15 is 0 Å². The molecule has 2 rings (SSSR count). The molecule has 0 saturated carbocycles. The first-order valence-corrected chi connectivity index (χ1v) is 6.46. The second-order valence-electron chi connectivity index (χ2n) is 5.47. The van der Waals surface area contributed by atoms with E-state index in [9.17, 15) is 0 Å². The van der Waals surface area contributed by atoms with Gasteiger partial charge in [-0.15, -0.1) is 0 Å². The van der Waals surface area contributed by atoms with Gasteiger partial charge in [-0.05, 0) is 36.0 Å². The SMILES string of the molecule is CC(C)Cc1nc2ccccc2cc1C(C)C. The van der Waals surface area contributed by atoms with Crippen LogP contribution in [0.5, 0.6) is 0 Å². The zero-order chi connectivity index (χ0) is 12.4. The van der Waals surface area contributed by atoms with Crippen LogP contribution in [0.25, 0.3) is 10.9 Å². The van der Waals surface area contributed by atoms with Crippen molar-refractivity contribution in [2.45, 2.75) is 40.0 Å². The molecule has 0 radical (unpaired) electrons. The summed E-state index contributed by atoms with van der Waals surface area (Å²) in [5.41, 5.74) is 3.79. The predicted octanol–water partition coefficient (Wildman–Crippen LogP) is 4.56. The topological polar surface area (TPSA) is 12.9 Å². The van der Waals surface area contributed by atoms with Gasteiger partial charge >= 0.3 is 0 Å². The summed E-state index contributed by atoms with van der Waals surface area (Å²) in [6, 6.07) is 10.7. The van der Waals surface area contributed by atoms with Gasteiger partial charge < -0.3 is 0 Å². The first kappa shape index (κ1) is 12.1. The van der Waals surface area contributed by atoms with Crippen molar-refractivity contribution in [3.63, 3.8) is 0 Å². The zero-order valence-electron chi connectivity index (χ0n) is 11.2. The third-order valence-electron chi connectivity index (χ3n) is 3.06. The molecule has 1 heteroatoms. The standard InChI is InChI=1S/C16H21N/c1-11(2)9-16-14(12(3)4)10-13-7-5-6-8-15(13)17-16/h5-8,10-12H,9H2,1-4H3. The fourth-order valence-corrected chi connectivity index (χ4v) is 2.22. The van der Waals surface area contributed by atoms with Crippen LogP contribution in [0, 0.1) is 5.92 Å². The van der Waals surface area contributed by atoms with Gasteiger partial charge in [0.1, 0.15) is 0 Å². The molecule has 0 aliphatic carbocycles. The summed E-state index contributed by atoms with van der Waals surface area (Å²) >= 11 is 0. The normalized spacial score (nSPS) is 11.6. The molecule has 1 aromatic carbocycles. The maximum atomic E-state index is 4.84. The average molecular weight is 227 g/mol. The van der Waals surface area contributed by atoms with Crippen molar-refractivity contribution in [2.24, 2.45) is 5.92 Å². The third kappa shape index (κ3) is 2.66. The quantitative estimate of drug-likeness (QED) is 0.749. The fourth-order valence-electron chi connectivity index (χ4n) is 2.22. The number of fused-ring (bicyclic) bond motifs is 1. The lowest BCUT2D eigenvalue weighted by Crippen LogP contribution is -2.04.